The summed E-state index contributed by atoms with van der Waals surface area (Å²) in [7, 11) is 0. The highest BCUT2D eigenvalue weighted by Crippen LogP contribution is 2.28. The Hall–Kier alpha value is -1.16. The maximum absolute atomic E-state index is 5.57. The van der Waals surface area contributed by atoms with Crippen molar-refractivity contribution >= 4 is 5.82 Å². The zero-order valence-electron chi connectivity index (χ0n) is 10.7. The van der Waals surface area contributed by atoms with Crippen LogP contribution in [-0.2, 0) is 4.74 Å². The van der Waals surface area contributed by atoms with Crippen molar-refractivity contribution in [3.8, 4) is 0 Å². The van der Waals surface area contributed by atoms with Crippen LogP contribution in [0.3, 0.4) is 0 Å². The van der Waals surface area contributed by atoms with Crippen molar-refractivity contribution in [1.82, 2.24) is 9.97 Å². The molecule has 0 aliphatic heterocycles. The Labute approximate surface area is 103 Å². The van der Waals surface area contributed by atoms with E-state index in [1.165, 1.54) is 12.8 Å². The lowest BCUT2D eigenvalue weighted by molar-refractivity contribution is 0.124. The SMILES string of the molecule is Cc1cnc(C)c(NCCCOCC2CC2)n1. The van der Waals surface area contributed by atoms with Crippen LogP contribution in [0.4, 0.5) is 5.82 Å². The minimum absolute atomic E-state index is 0.835. The van der Waals surface area contributed by atoms with Gasteiger partial charge in [0, 0.05) is 26.0 Å². The van der Waals surface area contributed by atoms with E-state index in [4.69, 9.17) is 4.74 Å². The van der Waals surface area contributed by atoms with Gasteiger partial charge in [-0.05, 0) is 39.0 Å². The van der Waals surface area contributed by atoms with Crippen LogP contribution in [0.1, 0.15) is 30.7 Å². The lowest BCUT2D eigenvalue weighted by Crippen LogP contribution is -2.10. The van der Waals surface area contributed by atoms with Gasteiger partial charge in [-0.1, -0.05) is 0 Å². The van der Waals surface area contributed by atoms with Crippen LogP contribution in [0, 0.1) is 19.8 Å². The summed E-state index contributed by atoms with van der Waals surface area (Å²) < 4.78 is 5.57. The van der Waals surface area contributed by atoms with Crippen molar-refractivity contribution in [2.75, 3.05) is 25.1 Å². The number of anilines is 1. The van der Waals surface area contributed by atoms with Crippen molar-refractivity contribution in [2.45, 2.75) is 33.1 Å². The molecule has 0 saturated heterocycles. The number of nitrogens with one attached hydrogen (secondary N) is 1. The summed E-state index contributed by atoms with van der Waals surface area (Å²) in [6, 6.07) is 0. The van der Waals surface area contributed by atoms with Gasteiger partial charge in [-0.15, -0.1) is 0 Å². The van der Waals surface area contributed by atoms with E-state index in [1.807, 2.05) is 13.8 Å². The topological polar surface area (TPSA) is 47.0 Å². The van der Waals surface area contributed by atoms with Crippen LogP contribution in [0.15, 0.2) is 6.20 Å². The molecule has 1 saturated carbocycles. The normalized spacial score (nSPS) is 14.9. The number of hydrogen-bond donors (Lipinski definition) is 1. The van der Waals surface area contributed by atoms with E-state index in [2.05, 4.69) is 15.3 Å². The van der Waals surface area contributed by atoms with Crippen molar-refractivity contribution in [1.29, 1.82) is 0 Å². The van der Waals surface area contributed by atoms with E-state index >= 15 is 0 Å². The Morgan fingerprint density at radius 3 is 3.00 bits per heavy atom. The van der Waals surface area contributed by atoms with Crippen LogP contribution >= 0.6 is 0 Å². The zero-order chi connectivity index (χ0) is 12.1. The molecule has 1 aromatic heterocycles. The lowest BCUT2D eigenvalue weighted by atomic mass is 10.4. The van der Waals surface area contributed by atoms with E-state index in [0.717, 1.165) is 49.3 Å². The molecule has 94 valence electrons. The molecule has 0 spiro atoms. The molecule has 0 bridgehead atoms. The Bertz CT molecular complexity index is 364. The molecule has 2 rings (SSSR count). The van der Waals surface area contributed by atoms with Crippen LogP contribution in [0.2, 0.25) is 0 Å². The predicted octanol–water partition coefficient (Wildman–Crippen LogP) is 2.32. The average Bonchev–Trinajstić information content (AvgIpc) is 3.11. The molecule has 4 heteroatoms. The van der Waals surface area contributed by atoms with Gasteiger partial charge in [-0.2, -0.15) is 0 Å². The Morgan fingerprint density at radius 1 is 1.41 bits per heavy atom. The molecule has 0 unspecified atom stereocenters. The highest BCUT2D eigenvalue weighted by Gasteiger charge is 2.20. The molecule has 1 N–H and O–H groups in total. The van der Waals surface area contributed by atoms with Crippen molar-refractivity contribution in [3.05, 3.63) is 17.6 Å². The quantitative estimate of drug-likeness (QED) is 0.737. The summed E-state index contributed by atoms with van der Waals surface area (Å²) in [6.45, 7) is 6.60. The largest absolute Gasteiger partial charge is 0.381 e. The fraction of sp³-hybridized carbons (Fsp3) is 0.692. The van der Waals surface area contributed by atoms with Gasteiger partial charge in [0.05, 0.1) is 11.4 Å². The molecule has 0 amide bonds. The monoisotopic (exact) mass is 235 g/mol. The summed E-state index contributed by atoms with van der Waals surface area (Å²) in [5.41, 5.74) is 1.90. The average molecular weight is 235 g/mol. The van der Waals surface area contributed by atoms with Gasteiger partial charge in [0.25, 0.3) is 0 Å². The Balaban J connectivity index is 1.61. The van der Waals surface area contributed by atoms with Crippen LogP contribution < -0.4 is 5.32 Å². The molecule has 1 heterocycles. The Kier molecular flexibility index (Phi) is 4.31. The summed E-state index contributed by atoms with van der Waals surface area (Å²) in [5.74, 6) is 1.75. The molecular formula is C13H21N3O. The third-order valence-corrected chi connectivity index (χ3v) is 2.88. The number of rotatable bonds is 7. The molecule has 0 aromatic carbocycles. The smallest absolute Gasteiger partial charge is 0.147 e. The molecule has 0 radical (unpaired) electrons. The van der Waals surface area contributed by atoms with Crippen LogP contribution in [-0.4, -0.2) is 29.7 Å². The first kappa shape index (κ1) is 12.3. The highest BCUT2D eigenvalue weighted by atomic mass is 16.5. The number of nitrogens with zero attached hydrogens (tertiary/aromatic N) is 2. The van der Waals surface area contributed by atoms with Gasteiger partial charge in [-0.3, -0.25) is 4.98 Å². The third-order valence-electron chi connectivity index (χ3n) is 2.88. The fourth-order valence-corrected chi connectivity index (χ4v) is 1.62. The molecule has 1 aliphatic carbocycles. The molecule has 0 atom stereocenters. The maximum Gasteiger partial charge on any atom is 0.147 e. The van der Waals surface area contributed by atoms with E-state index < -0.39 is 0 Å². The summed E-state index contributed by atoms with van der Waals surface area (Å²) in [5, 5.41) is 3.30. The van der Waals surface area contributed by atoms with Crippen LogP contribution in [0.25, 0.3) is 0 Å². The molecule has 1 aliphatic rings. The molecule has 1 fully saturated rings. The van der Waals surface area contributed by atoms with Crippen molar-refractivity contribution in [2.24, 2.45) is 5.92 Å². The minimum Gasteiger partial charge on any atom is -0.381 e. The summed E-state index contributed by atoms with van der Waals surface area (Å²) in [4.78, 5) is 8.68. The molecular weight excluding hydrogens is 214 g/mol. The molecule has 4 nitrogen and oxygen atoms in total. The second kappa shape index (κ2) is 5.96. The number of aryl methyl sites for hydroxylation is 2. The van der Waals surface area contributed by atoms with Gasteiger partial charge in [0.1, 0.15) is 5.82 Å². The van der Waals surface area contributed by atoms with Gasteiger partial charge < -0.3 is 10.1 Å². The van der Waals surface area contributed by atoms with Crippen LogP contribution in [0.5, 0.6) is 0 Å². The maximum atomic E-state index is 5.57. The first-order valence-corrected chi connectivity index (χ1v) is 6.37. The van der Waals surface area contributed by atoms with Gasteiger partial charge in [0.15, 0.2) is 0 Å². The number of ether oxygens (including phenoxy) is 1. The second-order valence-electron chi connectivity index (χ2n) is 4.74. The Morgan fingerprint density at radius 2 is 2.24 bits per heavy atom. The first-order valence-electron chi connectivity index (χ1n) is 6.37. The standard InChI is InChI=1S/C13H21N3O/c1-10-8-15-11(2)13(16-10)14-6-3-7-17-9-12-4-5-12/h8,12H,3-7,9H2,1-2H3,(H,14,16). The highest BCUT2D eigenvalue weighted by molar-refractivity contribution is 5.39. The number of aromatic nitrogens is 2. The fourth-order valence-electron chi connectivity index (χ4n) is 1.62. The van der Waals surface area contributed by atoms with E-state index in [0.29, 0.717) is 0 Å². The van der Waals surface area contributed by atoms with Crippen molar-refractivity contribution < 1.29 is 4.74 Å². The van der Waals surface area contributed by atoms with Gasteiger partial charge in [0.2, 0.25) is 0 Å². The third kappa shape index (κ3) is 4.30. The second-order valence-corrected chi connectivity index (χ2v) is 4.74. The summed E-state index contributed by atoms with van der Waals surface area (Å²) in [6.07, 6.45) is 5.52. The number of hydrogen-bond acceptors (Lipinski definition) is 4. The minimum atomic E-state index is 0.835. The van der Waals surface area contributed by atoms with E-state index in [-0.39, 0.29) is 0 Å². The van der Waals surface area contributed by atoms with E-state index in [9.17, 15) is 0 Å². The molecule has 1 aromatic rings. The first-order chi connectivity index (χ1) is 8.25. The predicted molar refractivity (Wildman–Crippen MR) is 68.2 cm³/mol. The van der Waals surface area contributed by atoms with Crippen molar-refractivity contribution in [3.63, 3.8) is 0 Å². The molecule has 17 heavy (non-hydrogen) atoms. The van der Waals surface area contributed by atoms with Gasteiger partial charge in [-0.25, -0.2) is 4.98 Å². The summed E-state index contributed by atoms with van der Waals surface area (Å²) >= 11 is 0. The zero-order valence-corrected chi connectivity index (χ0v) is 10.7. The van der Waals surface area contributed by atoms with E-state index in [1.54, 1.807) is 6.20 Å². The van der Waals surface area contributed by atoms with Gasteiger partial charge >= 0.3 is 0 Å². The lowest BCUT2D eigenvalue weighted by Gasteiger charge is -2.08.